The van der Waals surface area contributed by atoms with Crippen LogP contribution in [0, 0.1) is 0 Å². The molecule has 0 saturated carbocycles. The van der Waals surface area contributed by atoms with E-state index in [4.69, 9.17) is 4.74 Å². The molecule has 3 rings (SSSR count). The molecular weight excluding hydrogens is 392 g/mol. The fraction of sp³-hybridized carbons (Fsp3) is 0.304. The smallest absolute Gasteiger partial charge is 0.251 e. The number of hydrogen-bond acceptors (Lipinski definition) is 7. The number of nitrogens with one attached hydrogen (secondary N) is 3. The maximum absolute atomic E-state index is 12.3. The van der Waals surface area contributed by atoms with Crippen LogP contribution in [0.4, 0.5) is 17.5 Å². The predicted octanol–water partition coefficient (Wildman–Crippen LogP) is 4.03. The van der Waals surface area contributed by atoms with Crippen molar-refractivity contribution in [3.8, 4) is 5.75 Å². The first kappa shape index (κ1) is 22.0. The van der Waals surface area contributed by atoms with E-state index in [1.165, 1.54) is 6.33 Å². The first-order valence-electron chi connectivity index (χ1n) is 10.5. The highest BCUT2D eigenvalue weighted by Gasteiger charge is 2.05. The number of aromatic nitrogens is 3. The second-order valence-electron chi connectivity index (χ2n) is 6.89. The Morgan fingerprint density at radius 2 is 1.77 bits per heavy atom. The van der Waals surface area contributed by atoms with Crippen LogP contribution < -0.4 is 20.7 Å². The molecule has 0 aliphatic rings. The SMILES string of the molecule is CCCCCOc1ccc(C(=O)NCCNc2cc(Nc3ccccn3)ncn2)cc1. The summed E-state index contributed by atoms with van der Waals surface area (Å²) < 4.78 is 5.67. The molecule has 8 nitrogen and oxygen atoms in total. The molecule has 8 heteroatoms. The van der Waals surface area contributed by atoms with Gasteiger partial charge in [-0.3, -0.25) is 4.79 Å². The van der Waals surface area contributed by atoms with Gasteiger partial charge in [0.05, 0.1) is 6.61 Å². The average molecular weight is 421 g/mol. The molecule has 0 aliphatic heterocycles. The lowest BCUT2D eigenvalue weighted by atomic mass is 10.2. The number of unbranched alkanes of at least 4 members (excludes halogenated alkanes) is 2. The molecule has 162 valence electrons. The van der Waals surface area contributed by atoms with Crippen LogP contribution in [0.1, 0.15) is 36.5 Å². The Morgan fingerprint density at radius 3 is 2.55 bits per heavy atom. The van der Waals surface area contributed by atoms with Crippen LogP contribution >= 0.6 is 0 Å². The second kappa shape index (κ2) is 12.1. The maximum Gasteiger partial charge on any atom is 0.251 e. The van der Waals surface area contributed by atoms with Gasteiger partial charge in [-0.15, -0.1) is 0 Å². The summed E-state index contributed by atoms with van der Waals surface area (Å²) in [5.74, 6) is 2.66. The largest absolute Gasteiger partial charge is 0.494 e. The Balaban J connectivity index is 1.39. The van der Waals surface area contributed by atoms with Crippen molar-refractivity contribution in [2.75, 3.05) is 30.3 Å². The number of carbonyl (C=O) groups excluding carboxylic acids is 1. The fourth-order valence-corrected chi connectivity index (χ4v) is 2.80. The van der Waals surface area contributed by atoms with Crippen molar-refractivity contribution in [3.63, 3.8) is 0 Å². The third-order valence-corrected chi connectivity index (χ3v) is 4.44. The van der Waals surface area contributed by atoms with Crippen LogP contribution in [0.3, 0.4) is 0 Å². The molecule has 1 amide bonds. The lowest BCUT2D eigenvalue weighted by Gasteiger charge is -2.10. The maximum atomic E-state index is 12.3. The van der Waals surface area contributed by atoms with Gasteiger partial charge in [-0.25, -0.2) is 15.0 Å². The number of hydrogen-bond donors (Lipinski definition) is 3. The summed E-state index contributed by atoms with van der Waals surface area (Å²) in [7, 11) is 0. The lowest BCUT2D eigenvalue weighted by Crippen LogP contribution is -2.28. The molecule has 1 aromatic carbocycles. The minimum absolute atomic E-state index is 0.125. The molecule has 0 fully saturated rings. The Morgan fingerprint density at radius 1 is 0.935 bits per heavy atom. The van der Waals surface area contributed by atoms with Crippen molar-refractivity contribution >= 4 is 23.4 Å². The quantitative estimate of drug-likeness (QED) is 0.380. The number of anilines is 3. The van der Waals surface area contributed by atoms with Gasteiger partial charge in [0.1, 0.15) is 29.5 Å². The van der Waals surface area contributed by atoms with E-state index < -0.39 is 0 Å². The van der Waals surface area contributed by atoms with Gasteiger partial charge in [-0.05, 0) is 42.8 Å². The summed E-state index contributed by atoms with van der Waals surface area (Å²) in [6.07, 6.45) is 6.54. The van der Waals surface area contributed by atoms with E-state index in [0.29, 0.717) is 42.7 Å². The van der Waals surface area contributed by atoms with Gasteiger partial charge in [0, 0.05) is 30.9 Å². The van der Waals surface area contributed by atoms with E-state index in [1.807, 2.05) is 30.3 Å². The first-order valence-corrected chi connectivity index (χ1v) is 10.5. The Hall–Kier alpha value is -3.68. The average Bonchev–Trinajstić information content (AvgIpc) is 2.81. The van der Waals surface area contributed by atoms with Gasteiger partial charge in [0.2, 0.25) is 0 Å². The molecular formula is C23H28N6O2. The number of rotatable bonds is 12. The highest BCUT2D eigenvalue weighted by atomic mass is 16.5. The summed E-state index contributed by atoms with van der Waals surface area (Å²) in [6.45, 7) is 3.85. The summed E-state index contributed by atoms with van der Waals surface area (Å²) in [4.78, 5) is 24.9. The van der Waals surface area contributed by atoms with Crippen LogP contribution in [0.2, 0.25) is 0 Å². The van der Waals surface area contributed by atoms with Crippen molar-refractivity contribution in [2.45, 2.75) is 26.2 Å². The van der Waals surface area contributed by atoms with Crippen LogP contribution in [-0.2, 0) is 0 Å². The van der Waals surface area contributed by atoms with E-state index in [0.717, 1.165) is 25.0 Å². The van der Waals surface area contributed by atoms with Gasteiger partial charge < -0.3 is 20.7 Å². The minimum atomic E-state index is -0.125. The van der Waals surface area contributed by atoms with E-state index >= 15 is 0 Å². The zero-order chi connectivity index (χ0) is 21.7. The van der Waals surface area contributed by atoms with Gasteiger partial charge in [-0.2, -0.15) is 0 Å². The predicted molar refractivity (Wildman–Crippen MR) is 122 cm³/mol. The van der Waals surface area contributed by atoms with Gasteiger partial charge in [-0.1, -0.05) is 25.8 Å². The van der Waals surface area contributed by atoms with E-state index in [2.05, 4.69) is 37.8 Å². The number of benzene rings is 1. The number of ether oxygens (including phenoxy) is 1. The van der Waals surface area contributed by atoms with Crippen LogP contribution in [0.5, 0.6) is 5.75 Å². The van der Waals surface area contributed by atoms with Crippen molar-refractivity contribution < 1.29 is 9.53 Å². The van der Waals surface area contributed by atoms with E-state index in [-0.39, 0.29) is 5.91 Å². The summed E-state index contributed by atoms with van der Waals surface area (Å²) in [6, 6.07) is 14.6. The molecule has 0 unspecified atom stereocenters. The lowest BCUT2D eigenvalue weighted by molar-refractivity contribution is 0.0955. The fourth-order valence-electron chi connectivity index (χ4n) is 2.80. The van der Waals surface area contributed by atoms with Crippen molar-refractivity contribution in [1.29, 1.82) is 0 Å². The molecule has 3 N–H and O–H groups in total. The Kier molecular flexibility index (Phi) is 8.60. The molecule has 0 saturated heterocycles. The van der Waals surface area contributed by atoms with Crippen molar-refractivity contribution in [2.24, 2.45) is 0 Å². The summed E-state index contributed by atoms with van der Waals surface area (Å²) in [5.41, 5.74) is 0.602. The number of carbonyl (C=O) groups is 1. The molecule has 0 atom stereocenters. The van der Waals surface area contributed by atoms with Gasteiger partial charge in [0.15, 0.2) is 0 Å². The van der Waals surface area contributed by atoms with Gasteiger partial charge in [0.25, 0.3) is 5.91 Å². The third-order valence-electron chi connectivity index (χ3n) is 4.44. The normalized spacial score (nSPS) is 10.4. The third kappa shape index (κ3) is 7.58. The molecule has 0 spiro atoms. The molecule has 3 aromatic rings. The topological polar surface area (TPSA) is 101 Å². The molecule has 2 heterocycles. The zero-order valence-electron chi connectivity index (χ0n) is 17.7. The number of pyridine rings is 1. The second-order valence-corrected chi connectivity index (χ2v) is 6.89. The minimum Gasteiger partial charge on any atom is -0.494 e. The monoisotopic (exact) mass is 420 g/mol. The van der Waals surface area contributed by atoms with E-state index in [9.17, 15) is 4.79 Å². The molecule has 0 radical (unpaired) electrons. The highest BCUT2D eigenvalue weighted by molar-refractivity contribution is 5.94. The van der Waals surface area contributed by atoms with Crippen LogP contribution in [-0.4, -0.2) is 40.6 Å². The van der Waals surface area contributed by atoms with Crippen molar-refractivity contribution in [1.82, 2.24) is 20.3 Å². The highest BCUT2D eigenvalue weighted by Crippen LogP contribution is 2.14. The standard InChI is InChI=1S/C23H28N6O2/c1-2-3-6-15-31-19-10-8-18(9-11-19)23(30)26-14-13-25-21-16-22(28-17-27-21)29-20-7-4-5-12-24-20/h4-5,7-12,16-17H,2-3,6,13-15H2,1H3,(H,26,30)(H2,24,25,27,28,29). The molecule has 0 aliphatic carbocycles. The summed E-state index contributed by atoms with van der Waals surface area (Å²) in [5, 5.41) is 9.18. The molecule has 31 heavy (non-hydrogen) atoms. The molecule has 0 bridgehead atoms. The number of nitrogens with zero attached hydrogens (tertiary/aromatic N) is 3. The Bertz CT molecular complexity index is 934. The van der Waals surface area contributed by atoms with Gasteiger partial charge >= 0.3 is 0 Å². The van der Waals surface area contributed by atoms with Crippen LogP contribution in [0.25, 0.3) is 0 Å². The first-order chi connectivity index (χ1) is 15.2. The molecule has 2 aromatic heterocycles. The van der Waals surface area contributed by atoms with Crippen LogP contribution in [0.15, 0.2) is 61.1 Å². The van der Waals surface area contributed by atoms with E-state index in [1.54, 1.807) is 24.4 Å². The van der Waals surface area contributed by atoms with Crippen molar-refractivity contribution in [3.05, 3.63) is 66.6 Å². The number of amides is 1. The summed E-state index contributed by atoms with van der Waals surface area (Å²) >= 11 is 0. The zero-order valence-corrected chi connectivity index (χ0v) is 17.7. The Labute approximate surface area is 182 Å².